The van der Waals surface area contributed by atoms with Gasteiger partial charge in [-0.1, -0.05) is 30.3 Å². The lowest BCUT2D eigenvalue weighted by atomic mass is 10.0. The summed E-state index contributed by atoms with van der Waals surface area (Å²) in [4.78, 5) is 6.91. The number of hydrogen-bond acceptors (Lipinski definition) is 5. The van der Waals surface area contributed by atoms with E-state index in [0.717, 1.165) is 44.0 Å². The number of rotatable bonds is 8. The quantitative estimate of drug-likeness (QED) is 0.295. The van der Waals surface area contributed by atoms with Crippen LogP contribution in [-0.2, 0) is 13.1 Å². The fourth-order valence-electron chi connectivity index (χ4n) is 3.89. The number of likely N-dealkylation sites (tertiary alicyclic amines) is 1. The Morgan fingerprint density at radius 1 is 1.00 bits per heavy atom. The fourth-order valence-corrected chi connectivity index (χ4v) is 3.89. The Bertz CT molecular complexity index is 831. The van der Waals surface area contributed by atoms with Crippen LogP contribution in [0.25, 0.3) is 0 Å². The molecule has 2 aromatic rings. The number of hydrogen-bond donors (Lipinski definition) is 2. The molecule has 7 nitrogen and oxygen atoms in total. The zero-order chi connectivity index (χ0) is 22.1. The normalized spacial score (nSPS) is 14.9. The molecular formula is C24H35IN4O3. The van der Waals surface area contributed by atoms with Gasteiger partial charge in [0.1, 0.15) is 17.2 Å². The van der Waals surface area contributed by atoms with Crippen molar-refractivity contribution in [1.29, 1.82) is 0 Å². The molecule has 32 heavy (non-hydrogen) atoms. The summed E-state index contributed by atoms with van der Waals surface area (Å²) in [5.74, 6) is 2.91. The number of halogens is 1. The minimum Gasteiger partial charge on any atom is -0.496 e. The summed E-state index contributed by atoms with van der Waals surface area (Å²) >= 11 is 0. The molecule has 8 heteroatoms. The lowest BCUT2D eigenvalue weighted by molar-refractivity contribution is 0.198. The van der Waals surface area contributed by atoms with Crippen LogP contribution in [0, 0.1) is 0 Å². The first-order chi connectivity index (χ1) is 15.2. The molecule has 1 aliphatic heterocycles. The van der Waals surface area contributed by atoms with Crippen molar-refractivity contribution in [2.24, 2.45) is 4.99 Å². The van der Waals surface area contributed by atoms with Crippen LogP contribution in [0.15, 0.2) is 47.5 Å². The third-order valence-corrected chi connectivity index (χ3v) is 5.65. The second kappa shape index (κ2) is 13.4. The van der Waals surface area contributed by atoms with Crippen molar-refractivity contribution in [2.75, 3.05) is 41.5 Å². The molecule has 1 saturated heterocycles. The van der Waals surface area contributed by atoms with Gasteiger partial charge in [0.15, 0.2) is 5.96 Å². The van der Waals surface area contributed by atoms with Crippen molar-refractivity contribution in [3.63, 3.8) is 0 Å². The van der Waals surface area contributed by atoms with Gasteiger partial charge in [-0.2, -0.15) is 0 Å². The third kappa shape index (κ3) is 7.16. The number of guanidine groups is 1. The van der Waals surface area contributed by atoms with E-state index < -0.39 is 0 Å². The molecule has 176 valence electrons. The predicted molar refractivity (Wildman–Crippen MR) is 140 cm³/mol. The van der Waals surface area contributed by atoms with Crippen molar-refractivity contribution in [3.05, 3.63) is 53.6 Å². The monoisotopic (exact) mass is 554 g/mol. The van der Waals surface area contributed by atoms with Crippen molar-refractivity contribution >= 4 is 29.9 Å². The molecule has 0 amide bonds. The first-order valence-electron chi connectivity index (χ1n) is 10.7. The summed E-state index contributed by atoms with van der Waals surface area (Å²) in [6, 6.07) is 14.8. The van der Waals surface area contributed by atoms with E-state index >= 15 is 0 Å². The van der Waals surface area contributed by atoms with Crippen LogP contribution in [0.3, 0.4) is 0 Å². The second-order valence-electron chi connectivity index (χ2n) is 7.62. The van der Waals surface area contributed by atoms with Crippen LogP contribution >= 0.6 is 24.0 Å². The summed E-state index contributed by atoms with van der Waals surface area (Å²) < 4.78 is 16.4. The van der Waals surface area contributed by atoms with E-state index in [1.54, 1.807) is 28.4 Å². The van der Waals surface area contributed by atoms with E-state index in [0.29, 0.717) is 29.8 Å². The Hall–Kier alpha value is -2.20. The smallest absolute Gasteiger partial charge is 0.191 e. The lowest BCUT2D eigenvalue weighted by Crippen LogP contribution is -2.48. The highest BCUT2D eigenvalue weighted by molar-refractivity contribution is 14.0. The van der Waals surface area contributed by atoms with Gasteiger partial charge in [-0.15, -0.1) is 24.0 Å². The number of aliphatic imine (C=N–C) groups is 1. The van der Waals surface area contributed by atoms with Crippen molar-refractivity contribution < 1.29 is 14.2 Å². The van der Waals surface area contributed by atoms with E-state index in [1.807, 2.05) is 12.1 Å². The van der Waals surface area contributed by atoms with Crippen LogP contribution in [-0.4, -0.2) is 58.4 Å². The van der Waals surface area contributed by atoms with Gasteiger partial charge in [0.2, 0.25) is 0 Å². The van der Waals surface area contributed by atoms with Gasteiger partial charge in [0.25, 0.3) is 0 Å². The van der Waals surface area contributed by atoms with Gasteiger partial charge >= 0.3 is 0 Å². The molecule has 1 heterocycles. The van der Waals surface area contributed by atoms with Gasteiger partial charge in [-0.05, 0) is 18.4 Å². The number of nitrogens with zero attached hydrogens (tertiary/aromatic N) is 2. The summed E-state index contributed by atoms with van der Waals surface area (Å²) in [7, 11) is 6.72. The maximum Gasteiger partial charge on any atom is 0.191 e. The average molecular weight is 554 g/mol. The van der Waals surface area contributed by atoms with Gasteiger partial charge in [-0.3, -0.25) is 9.89 Å². The van der Waals surface area contributed by atoms with Crippen molar-refractivity contribution in [2.45, 2.75) is 32.0 Å². The Balaban J connectivity index is 0.00000363. The van der Waals surface area contributed by atoms with Crippen LogP contribution < -0.4 is 24.8 Å². The molecule has 2 aromatic carbocycles. The van der Waals surface area contributed by atoms with Crippen molar-refractivity contribution in [1.82, 2.24) is 15.5 Å². The molecule has 0 unspecified atom stereocenters. The Labute approximate surface area is 208 Å². The number of piperidine rings is 1. The number of methoxy groups -OCH3 is 3. The Kier molecular flexibility index (Phi) is 10.9. The van der Waals surface area contributed by atoms with Gasteiger partial charge in [-0.25, -0.2) is 0 Å². The van der Waals surface area contributed by atoms with Gasteiger partial charge in [0, 0.05) is 44.9 Å². The summed E-state index contributed by atoms with van der Waals surface area (Å²) in [6.07, 6.45) is 2.17. The Morgan fingerprint density at radius 2 is 1.62 bits per heavy atom. The topological polar surface area (TPSA) is 67.4 Å². The second-order valence-corrected chi connectivity index (χ2v) is 7.62. The summed E-state index contributed by atoms with van der Waals surface area (Å²) in [5, 5.41) is 6.96. The number of ether oxygens (including phenoxy) is 3. The Morgan fingerprint density at radius 3 is 2.16 bits per heavy atom. The number of nitrogens with one attached hydrogen (secondary N) is 2. The molecule has 1 aliphatic rings. The van der Waals surface area contributed by atoms with E-state index in [9.17, 15) is 0 Å². The molecule has 0 bridgehead atoms. The highest BCUT2D eigenvalue weighted by Gasteiger charge is 2.20. The standard InChI is InChI=1S/C24H34N4O3.HI/c1-25-24(26-16-21-22(30-3)14-20(29-2)15-23(21)31-4)27-19-10-12-28(13-11-19)17-18-8-6-5-7-9-18;/h5-9,14-15,19H,10-13,16-17H2,1-4H3,(H2,25,26,27);1H. The molecule has 1 fully saturated rings. The molecule has 0 spiro atoms. The zero-order valence-electron chi connectivity index (χ0n) is 19.4. The third-order valence-electron chi connectivity index (χ3n) is 5.65. The number of benzene rings is 2. The van der Waals surface area contributed by atoms with Gasteiger partial charge in [0.05, 0.1) is 33.4 Å². The molecule has 3 rings (SSSR count). The zero-order valence-corrected chi connectivity index (χ0v) is 21.7. The first kappa shape index (κ1) is 26.1. The molecule has 0 radical (unpaired) electrons. The van der Waals surface area contributed by atoms with E-state index in [4.69, 9.17) is 14.2 Å². The van der Waals surface area contributed by atoms with E-state index in [-0.39, 0.29) is 24.0 Å². The van der Waals surface area contributed by atoms with Crippen LogP contribution in [0.4, 0.5) is 0 Å². The van der Waals surface area contributed by atoms with Gasteiger partial charge < -0.3 is 24.8 Å². The molecule has 2 N–H and O–H groups in total. The van der Waals surface area contributed by atoms with Crippen molar-refractivity contribution in [3.8, 4) is 17.2 Å². The molecule has 0 atom stereocenters. The fraction of sp³-hybridized carbons (Fsp3) is 0.458. The SMILES string of the molecule is CN=C(NCc1c(OC)cc(OC)cc1OC)NC1CCN(Cc2ccccc2)CC1.I. The lowest BCUT2D eigenvalue weighted by Gasteiger charge is -2.33. The molecule has 0 saturated carbocycles. The van der Waals surface area contributed by atoms with Crippen LogP contribution in [0.1, 0.15) is 24.0 Å². The maximum atomic E-state index is 5.54. The summed E-state index contributed by atoms with van der Waals surface area (Å²) in [6.45, 7) is 3.69. The summed E-state index contributed by atoms with van der Waals surface area (Å²) in [5.41, 5.74) is 2.29. The largest absolute Gasteiger partial charge is 0.496 e. The minimum atomic E-state index is 0. The first-order valence-corrected chi connectivity index (χ1v) is 10.7. The van der Waals surface area contributed by atoms with E-state index in [1.165, 1.54) is 5.56 Å². The van der Waals surface area contributed by atoms with Crippen LogP contribution in [0.5, 0.6) is 17.2 Å². The molecular weight excluding hydrogens is 519 g/mol. The molecule has 0 aliphatic carbocycles. The highest BCUT2D eigenvalue weighted by atomic mass is 127. The maximum absolute atomic E-state index is 5.54. The van der Waals surface area contributed by atoms with Crippen LogP contribution in [0.2, 0.25) is 0 Å². The predicted octanol–water partition coefficient (Wildman–Crippen LogP) is 3.66. The average Bonchev–Trinajstić information content (AvgIpc) is 2.82. The highest BCUT2D eigenvalue weighted by Crippen LogP contribution is 2.33. The van der Waals surface area contributed by atoms with E-state index in [2.05, 4.69) is 50.9 Å². The minimum absolute atomic E-state index is 0. The molecule has 0 aromatic heterocycles.